The number of anilines is 1. The number of nitrogens with zero attached hydrogens (tertiary/aromatic N) is 1. The molecule has 0 bridgehead atoms. The fraction of sp³-hybridized carbons (Fsp3) is 0.0714. The van der Waals surface area contributed by atoms with Gasteiger partial charge in [-0.1, -0.05) is 12.1 Å². The Labute approximate surface area is 108 Å². The molecule has 0 aliphatic rings. The molecule has 2 aromatic carbocycles. The van der Waals surface area contributed by atoms with Crippen molar-refractivity contribution in [2.75, 3.05) is 5.73 Å². The lowest BCUT2D eigenvalue weighted by molar-refractivity contribution is 0.588. The molecule has 0 fully saturated rings. The van der Waals surface area contributed by atoms with Crippen molar-refractivity contribution in [3.05, 3.63) is 47.5 Å². The molecule has 19 heavy (non-hydrogen) atoms. The van der Waals surface area contributed by atoms with Crippen LogP contribution < -0.4 is 5.73 Å². The first kappa shape index (κ1) is 11.6. The summed E-state index contributed by atoms with van der Waals surface area (Å²) in [6, 6.07) is 7.67. The number of imidazole rings is 1. The molecule has 0 unspecified atom stereocenters. The van der Waals surface area contributed by atoms with Crippen molar-refractivity contribution < 1.29 is 8.78 Å². The highest BCUT2D eigenvalue weighted by molar-refractivity contribution is 5.82. The topological polar surface area (TPSA) is 54.7 Å². The SMILES string of the molecule is Cc1cccc2[nH]c(-c3cc(N)c(F)cc3F)nc12. The van der Waals surface area contributed by atoms with Gasteiger partial charge in [0.15, 0.2) is 0 Å². The van der Waals surface area contributed by atoms with Gasteiger partial charge in [0, 0.05) is 6.07 Å². The fourth-order valence-electron chi connectivity index (χ4n) is 2.05. The van der Waals surface area contributed by atoms with Crippen LogP contribution in [0.25, 0.3) is 22.4 Å². The number of fused-ring (bicyclic) bond motifs is 1. The number of H-pyrrole nitrogens is 1. The van der Waals surface area contributed by atoms with Gasteiger partial charge in [-0.2, -0.15) is 0 Å². The molecule has 5 heteroatoms. The van der Waals surface area contributed by atoms with Crippen molar-refractivity contribution in [2.24, 2.45) is 0 Å². The zero-order valence-electron chi connectivity index (χ0n) is 10.2. The number of aromatic amines is 1. The minimum Gasteiger partial charge on any atom is -0.396 e. The Morgan fingerprint density at radius 2 is 1.95 bits per heavy atom. The molecule has 96 valence electrons. The molecular formula is C14H11F2N3. The molecule has 0 spiro atoms. The van der Waals surface area contributed by atoms with Crippen LogP contribution in [-0.2, 0) is 0 Å². The Hall–Kier alpha value is -2.43. The Bertz CT molecular complexity index is 778. The fourth-order valence-corrected chi connectivity index (χ4v) is 2.05. The monoisotopic (exact) mass is 259 g/mol. The van der Waals surface area contributed by atoms with Gasteiger partial charge >= 0.3 is 0 Å². The summed E-state index contributed by atoms with van der Waals surface area (Å²) in [6.45, 7) is 1.92. The lowest BCUT2D eigenvalue weighted by atomic mass is 10.1. The quantitative estimate of drug-likeness (QED) is 0.658. The van der Waals surface area contributed by atoms with Crippen LogP contribution in [0, 0.1) is 18.6 Å². The summed E-state index contributed by atoms with van der Waals surface area (Å²) >= 11 is 0. The average Bonchev–Trinajstić information content (AvgIpc) is 2.79. The van der Waals surface area contributed by atoms with Crippen molar-refractivity contribution in [2.45, 2.75) is 6.92 Å². The van der Waals surface area contributed by atoms with Crippen LogP contribution in [0.3, 0.4) is 0 Å². The number of para-hydroxylation sites is 1. The van der Waals surface area contributed by atoms with Gasteiger partial charge in [-0.05, 0) is 24.6 Å². The van der Waals surface area contributed by atoms with E-state index in [9.17, 15) is 8.78 Å². The number of aromatic nitrogens is 2. The summed E-state index contributed by atoms with van der Waals surface area (Å²) < 4.78 is 26.9. The minimum atomic E-state index is -0.770. The van der Waals surface area contributed by atoms with E-state index < -0.39 is 11.6 Å². The van der Waals surface area contributed by atoms with E-state index in [0.29, 0.717) is 5.82 Å². The number of hydrogen-bond acceptors (Lipinski definition) is 2. The Balaban J connectivity index is 2.25. The number of nitrogens with two attached hydrogens (primary N) is 1. The Morgan fingerprint density at radius 1 is 1.16 bits per heavy atom. The number of benzene rings is 2. The highest BCUT2D eigenvalue weighted by Gasteiger charge is 2.14. The van der Waals surface area contributed by atoms with Crippen molar-refractivity contribution in [3.8, 4) is 11.4 Å². The second kappa shape index (κ2) is 4.05. The molecule has 0 atom stereocenters. The normalized spacial score (nSPS) is 11.1. The molecule has 3 rings (SSSR count). The molecule has 3 N–H and O–H groups in total. The van der Waals surface area contributed by atoms with Crippen LogP contribution >= 0.6 is 0 Å². The van der Waals surface area contributed by atoms with E-state index in [1.807, 2.05) is 25.1 Å². The van der Waals surface area contributed by atoms with Crippen LogP contribution in [0.1, 0.15) is 5.56 Å². The van der Waals surface area contributed by atoms with Gasteiger partial charge in [-0.25, -0.2) is 13.8 Å². The first-order valence-corrected chi connectivity index (χ1v) is 5.76. The predicted molar refractivity (Wildman–Crippen MR) is 70.6 cm³/mol. The average molecular weight is 259 g/mol. The Morgan fingerprint density at radius 3 is 2.68 bits per heavy atom. The van der Waals surface area contributed by atoms with E-state index >= 15 is 0 Å². The van der Waals surface area contributed by atoms with Crippen molar-refractivity contribution in [1.82, 2.24) is 9.97 Å². The highest BCUT2D eigenvalue weighted by Crippen LogP contribution is 2.27. The molecule has 0 aliphatic heterocycles. The van der Waals surface area contributed by atoms with Crippen molar-refractivity contribution in [3.63, 3.8) is 0 Å². The standard InChI is InChI=1S/C14H11F2N3/c1-7-3-2-4-12-13(7)19-14(18-12)8-5-11(17)10(16)6-9(8)15/h2-6H,17H2,1H3,(H,18,19). The third kappa shape index (κ3) is 1.83. The van der Waals surface area contributed by atoms with E-state index in [-0.39, 0.29) is 11.3 Å². The summed E-state index contributed by atoms with van der Waals surface area (Å²) in [5, 5.41) is 0. The summed E-state index contributed by atoms with van der Waals surface area (Å²) in [5.74, 6) is -1.12. The van der Waals surface area contributed by atoms with Gasteiger partial charge in [0.2, 0.25) is 0 Å². The summed E-state index contributed by atoms with van der Waals surface area (Å²) in [6.07, 6.45) is 0. The second-order valence-electron chi connectivity index (χ2n) is 4.41. The maximum absolute atomic E-state index is 13.8. The van der Waals surface area contributed by atoms with E-state index in [2.05, 4.69) is 9.97 Å². The molecule has 1 aromatic heterocycles. The zero-order valence-corrected chi connectivity index (χ0v) is 10.2. The van der Waals surface area contributed by atoms with Gasteiger partial charge < -0.3 is 10.7 Å². The summed E-state index contributed by atoms with van der Waals surface area (Å²) in [7, 11) is 0. The second-order valence-corrected chi connectivity index (χ2v) is 4.41. The molecule has 3 nitrogen and oxygen atoms in total. The maximum Gasteiger partial charge on any atom is 0.149 e. The first-order chi connectivity index (χ1) is 9.06. The smallest absolute Gasteiger partial charge is 0.149 e. The third-order valence-corrected chi connectivity index (χ3v) is 3.06. The zero-order chi connectivity index (χ0) is 13.6. The molecule has 0 saturated heterocycles. The molecule has 0 amide bonds. The van der Waals surface area contributed by atoms with Gasteiger partial charge in [0.05, 0.1) is 22.3 Å². The molecule has 3 aromatic rings. The van der Waals surface area contributed by atoms with E-state index in [1.165, 1.54) is 6.07 Å². The van der Waals surface area contributed by atoms with Crippen LogP contribution in [0.15, 0.2) is 30.3 Å². The van der Waals surface area contributed by atoms with Crippen LogP contribution in [0.4, 0.5) is 14.5 Å². The number of aryl methyl sites for hydroxylation is 1. The highest BCUT2D eigenvalue weighted by atomic mass is 19.1. The molecule has 0 saturated carbocycles. The molecule has 0 radical (unpaired) electrons. The van der Waals surface area contributed by atoms with Crippen molar-refractivity contribution in [1.29, 1.82) is 0 Å². The molecule has 0 aliphatic carbocycles. The van der Waals surface area contributed by atoms with E-state index in [1.54, 1.807) is 0 Å². The number of nitrogen functional groups attached to an aromatic ring is 1. The van der Waals surface area contributed by atoms with Crippen LogP contribution in [0.2, 0.25) is 0 Å². The van der Waals surface area contributed by atoms with E-state index in [4.69, 9.17) is 5.73 Å². The number of halogens is 2. The minimum absolute atomic E-state index is 0.103. The third-order valence-electron chi connectivity index (χ3n) is 3.06. The van der Waals surface area contributed by atoms with Gasteiger partial charge in [-0.3, -0.25) is 0 Å². The summed E-state index contributed by atoms with van der Waals surface area (Å²) in [5.41, 5.74) is 8.07. The largest absolute Gasteiger partial charge is 0.396 e. The summed E-state index contributed by atoms with van der Waals surface area (Å²) in [4.78, 5) is 7.35. The number of nitrogens with one attached hydrogen (secondary N) is 1. The lowest BCUT2D eigenvalue weighted by Crippen LogP contribution is -1.95. The van der Waals surface area contributed by atoms with Crippen molar-refractivity contribution >= 4 is 16.7 Å². The van der Waals surface area contributed by atoms with Gasteiger partial charge in [0.25, 0.3) is 0 Å². The van der Waals surface area contributed by atoms with Crippen LogP contribution in [0.5, 0.6) is 0 Å². The molecular weight excluding hydrogens is 248 g/mol. The van der Waals surface area contributed by atoms with E-state index in [0.717, 1.165) is 22.7 Å². The van der Waals surface area contributed by atoms with Gasteiger partial charge in [-0.15, -0.1) is 0 Å². The number of hydrogen-bond donors (Lipinski definition) is 2. The molecule has 1 heterocycles. The Kier molecular flexibility index (Phi) is 2.48. The van der Waals surface area contributed by atoms with Crippen LogP contribution in [-0.4, -0.2) is 9.97 Å². The first-order valence-electron chi connectivity index (χ1n) is 5.76. The predicted octanol–water partition coefficient (Wildman–Crippen LogP) is 3.40. The number of rotatable bonds is 1. The lowest BCUT2D eigenvalue weighted by Gasteiger charge is -2.02. The maximum atomic E-state index is 13.8. The van der Waals surface area contributed by atoms with Gasteiger partial charge in [0.1, 0.15) is 17.5 Å².